The highest BCUT2D eigenvalue weighted by molar-refractivity contribution is 7.87. The number of aromatic nitrogens is 4. The lowest BCUT2D eigenvalue weighted by Gasteiger charge is -2.27. The number of hydrogen-bond donors (Lipinski definition) is 1. The predicted molar refractivity (Wildman–Crippen MR) is 171 cm³/mol. The monoisotopic (exact) mass is 572 g/mol. The fourth-order valence-corrected chi connectivity index (χ4v) is 8.60. The van der Waals surface area contributed by atoms with E-state index in [0.717, 1.165) is 26.0 Å². The van der Waals surface area contributed by atoms with Gasteiger partial charge in [-0.15, -0.1) is 0 Å². The lowest BCUT2D eigenvalue weighted by atomic mass is 10.2. The largest absolute Gasteiger partial charge is 0.380 e. The third-order valence-electron chi connectivity index (χ3n) is 7.24. The molecule has 0 saturated carbocycles. The second-order valence-corrected chi connectivity index (χ2v) is 12.9. The van der Waals surface area contributed by atoms with Gasteiger partial charge in [0.2, 0.25) is 0 Å². The van der Waals surface area contributed by atoms with Gasteiger partial charge in [0.05, 0.1) is 12.7 Å². The number of pyridine rings is 2. The molecular weight excluding hydrogens is 543 g/mol. The highest BCUT2D eigenvalue weighted by atomic mass is 31.2. The van der Waals surface area contributed by atoms with E-state index in [2.05, 4.69) is 46.7 Å². The van der Waals surface area contributed by atoms with E-state index in [-0.39, 0.29) is 5.65 Å². The molecule has 0 radical (unpaired) electrons. The van der Waals surface area contributed by atoms with Crippen LogP contribution in [0.3, 0.4) is 0 Å². The van der Waals surface area contributed by atoms with Crippen molar-refractivity contribution in [2.24, 2.45) is 18.8 Å². The van der Waals surface area contributed by atoms with Crippen LogP contribution in [0.15, 0.2) is 136 Å². The SMILES string of the molecule is Cn1c(=O)c2c(NCc3cccnc3)cc(N=P(c3ccccc3)(c3ccccc3)c3ccccc3)nc2n(C)c1=O. The molecule has 0 bridgehead atoms. The van der Waals surface area contributed by atoms with Crippen LogP contribution in [0.1, 0.15) is 5.56 Å². The average Bonchev–Trinajstić information content (AvgIpc) is 3.05. The molecule has 0 saturated heterocycles. The van der Waals surface area contributed by atoms with E-state index in [1.165, 1.54) is 11.6 Å². The summed E-state index contributed by atoms with van der Waals surface area (Å²) in [6.45, 7) is 0.425. The molecule has 6 aromatic rings. The summed E-state index contributed by atoms with van der Waals surface area (Å²) in [6.07, 6.45) is 3.49. The Morgan fingerprint density at radius 3 is 1.86 bits per heavy atom. The molecule has 8 nitrogen and oxygen atoms in total. The summed E-state index contributed by atoms with van der Waals surface area (Å²) in [5.41, 5.74) is 0.889. The zero-order valence-corrected chi connectivity index (χ0v) is 24.1. The van der Waals surface area contributed by atoms with Crippen LogP contribution >= 0.6 is 7.05 Å². The van der Waals surface area contributed by atoms with Crippen LogP contribution in [0.2, 0.25) is 0 Å². The van der Waals surface area contributed by atoms with Crippen LogP contribution in [0, 0.1) is 0 Å². The van der Waals surface area contributed by atoms with E-state index in [0.29, 0.717) is 23.4 Å². The number of hydrogen-bond acceptors (Lipinski definition) is 6. The number of nitrogens with zero attached hydrogens (tertiary/aromatic N) is 5. The topological polar surface area (TPSA) is 94.2 Å². The summed E-state index contributed by atoms with van der Waals surface area (Å²) in [7, 11) is 0.457. The molecule has 3 aromatic carbocycles. The Kier molecular flexibility index (Phi) is 7.38. The standard InChI is InChI=1S/C33H29N6O2P/c1-38-31-30(32(40)39(2)33(38)41)28(35-23-24-13-12-20-34-22-24)21-29(36-31)37-42(25-14-6-3-7-15-25,26-16-8-4-9-17-26)27-18-10-5-11-19-27/h3-22H,23H2,1-2H3,(H,35,36). The van der Waals surface area contributed by atoms with E-state index in [1.807, 2.05) is 72.8 Å². The van der Waals surface area contributed by atoms with Gasteiger partial charge in [-0.3, -0.25) is 18.9 Å². The van der Waals surface area contributed by atoms with Gasteiger partial charge in [-0.1, -0.05) is 97.1 Å². The Bertz CT molecular complexity index is 1940. The van der Waals surface area contributed by atoms with E-state index in [4.69, 9.17) is 9.73 Å². The van der Waals surface area contributed by atoms with Gasteiger partial charge in [0.1, 0.15) is 5.39 Å². The molecule has 6 rings (SSSR count). The maximum atomic E-state index is 13.4. The average molecular weight is 573 g/mol. The number of anilines is 1. The van der Waals surface area contributed by atoms with E-state index in [1.54, 1.807) is 19.4 Å². The van der Waals surface area contributed by atoms with Gasteiger partial charge >= 0.3 is 5.69 Å². The van der Waals surface area contributed by atoms with Crippen molar-refractivity contribution in [3.8, 4) is 0 Å². The predicted octanol–water partition coefficient (Wildman–Crippen LogP) is 4.45. The number of rotatable bonds is 7. The molecule has 3 aromatic heterocycles. The Balaban J connectivity index is 1.70. The molecule has 0 amide bonds. The fraction of sp³-hybridized carbons (Fsp3) is 0.0909. The minimum Gasteiger partial charge on any atom is -0.380 e. The molecule has 9 heteroatoms. The van der Waals surface area contributed by atoms with Gasteiger partial charge in [-0.2, -0.15) is 0 Å². The van der Waals surface area contributed by atoms with Crippen LogP contribution in [0.25, 0.3) is 11.0 Å². The van der Waals surface area contributed by atoms with Crippen molar-refractivity contribution in [2.45, 2.75) is 6.54 Å². The smallest absolute Gasteiger partial charge is 0.332 e. The normalized spacial score (nSPS) is 11.4. The molecule has 1 N–H and O–H groups in total. The van der Waals surface area contributed by atoms with Crippen LogP contribution < -0.4 is 32.5 Å². The van der Waals surface area contributed by atoms with Crippen LogP contribution in [-0.2, 0) is 20.6 Å². The van der Waals surface area contributed by atoms with E-state index in [9.17, 15) is 9.59 Å². The Morgan fingerprint density at radius 1 is 0.762 bits per heavy atom. The second-order valence-electron chi connectivity index (χ2n) is 9.89. The highest BCUT2D eigenvalue weighted by Gasteiger charge is 2.28. The molecule has 0 unspecified atom stereocenters. The van der Waals surface area contributed by atoms with Crippen LogP contribution in [-0.4, -0.2) is 19.1 Å². The first-order chi connectivity index (χ1) is 20.5. The molecule has 208 valence electrons. The molecule has 0 aliphatic heterocycles. The van der Waals surface area contributed by atoms with Gasteiger partial charge < -0.3 is 5.32 Å². The fourth-order valence-electron chi connectivity index (χ4n) is 5.14. The summed E-state index contributed by atoms with van der Waals surface area (Å²) in [4.78, 5) is 35.5. The summed E-state index contributed by atoms with van der Waals surface area (Å²) in [5.74, 6) is 0.421. The van der Waals surface area contributed by atoms with Crippen molar-refractivity contribution in [2.75, 3.05) is 5.32 Å². The minimum absolute atomic E-state index is 0.269. The molecule has 3 heterocycles. The van der Waals surface area contributed by atoms with Gasteiger partial charge in [0, 0.05) is 55.0 Å². The third kappa shape index (κ3) is 4.86. The van der Waals surface area contributed by atoms with Gasteiger partial charge in [-0.05, 0) is 11.6 Å². The molecular formula is C33H29N6O2P. The molecule has 0 aliphatic rings. The van der Waals surface area contributed by atoms with E-state index < -0.39 is 18.3 Å². The van der Waals surface area contributed by atoms with Crippen LogP contribution in [0.4, 0.5) is 11.5 Å². The lowest BCUT2D eigenvalue weighted by Crippen LogP contribution is -2.37. The van der Waals surface area contributed by atoms with Crippen molar-refractivity contribution in [1.82, 2.24) is 19.1 Å². The van der Waals surface area contributed by atoms with Gasteiger partial charge in [0.25, 0.3) is 5.56 Å². The number of nitrogens with one attached hydrogen (secondary N) is 1. The summed E-state index contributed by atoms with van der Waals surface area (Å²) in [5, 5.41) is 6.92. The first-order valence-electron chi connectivity index (χ1n) is 13.5. The zero-order valence-electron chi connectivity index (χ0n) is 23.3. The minimum atomic E-state index is -2.64. The summed E-state index contributed by atoms with van der Waals surface area (Å²) in [6, 6.07) is 36.4. The quantitative estimate of drug-likeness (QED) is 0.286. The zero-order chi connectivity index (χ0) is 29.1. The maximum absolute atomic E-state index is 13.4. The van der Waals surface area contributed by atoms with Crippen LogP contribution in [0.5, 0.6) is 0 Å². The van der Waals surface area contributed by atoms with Crippen molar-refractivity contribution in [3.05, 3.63) is 148 Å². The first kappa shape index (κ1) is 27.1. The Hall–Kier alpha value is -5.07. The van der Waals surface area contributed by atoms with Crippen molar-refractivity contribution in [1.29, 1.82) is 0 Å². The molecule has 42 heavy (non-hydrogen) atoms. The summed E-state index contributed by atoms with van der Waals surface area (Å²) >= 11 is 0. The number of fused-ring (bicyclic) bond motifs is 1. The Labute approximate surface area is 243 Å². The lowest BCUT2D eigenvalue weighted by molar-refractivity contribution is 0.708. The Morgan fingerprint density at radius 2 is 1.33 bits per heavy atom. The third-order valence-corrected chi connectivity index (χ3v) is 10.9. The molecule has 0 atom stereocenters. The molecule has 0 aliphatic carbocycles. The molecule has 0 spiro atoms. The van der Waals surface area contributed by atoms with Crippen molar-refractivity contribution < 1.29 is 0 Å². The van der Waals surface area contributed by atoms with E-state index >= 15 is 0 Å². The summed E-state index contributed by atoms with van der Waals surface area (Å²) < 4.78 is 8.02. The first-order valence-corrected chi connectivity index (χ1v) is 15.3. The van der Waals surface area contributed by atoms with Gasteiger partial charge in [0.15, 0.2) is 11.5 Å². The van der Waals surface area contributed by atoms with Crippen molar-refractivity contribution in [3.63, 3.8) is 0 Å². The maximum Gasteiger partial charge on any atom is 0.332 e. The van der Waals surface area contributed by atoms with Gasteiger partial charge in [-0.25, -0.2) is 14.5 Å². The number of aryl methyl sites for hydroxylation is 1. The second kappa shape index (κ2) is 11.4. The number of benzene rings is 3. The molecule has 0 fully saturated rings. The highest BCUT2D eigenvalue weighted by Crippen LogP contribution is 2.49. The van der Waals surface area contributed by atoms with Crippen molar-refractivity contribution >= 4 is 45.5 Å².